The van der Waals surface area contributed by atoms with Crippen molar-refractivity contribution in [2.75, 3.05) is 12.0 Å². The molecule has 6 nitrogen and oxygen atoms in total. The number of aliphatic hydroxyl groups is 1. The third kappa shape index (κ3) is 4.01. The van der Waals surface area contributed by atoms with Crippen molar-refractivity contribution in [1.82, 2.24) is 0 Å². The van der Waals surface area contributed by atoms with Gasteiger partial charge in [0.25, 0.3) is 11.7 Å². The third-order valence-electron chi connectivity index (χ3n) is 5.21. The number of anilines is 1. The lowest BCUT2D eigenvalue weighted by molar-refractivity contribution is -0.132. The molecule has 9 heteroatoms. The van der Waals surface area contributed by atoms with Crippen LogP contribution in [0.15, 0.2) is 66.2 Å². The number of aliphatic hydroxyl groups excluding tert-OH is 1. The van der Waals surface area contributed by atoms with Gasteiger partial charge in [-0.3, -0.25) is 14.5 Å². The van der Waals surface area contributed by atoms with Crippen LogP contribution < -0.4 is 9.64 Å². The Bertz CT molecular complexity index is 1280. The number of carbonyl (C=O) groups is 2. The van der Waals surface area contributed by atoms with E-state index in [2.05, 4.69) is 0 Å². The van der Waals surface area contributed by atoms with Crippen LogP contribution in [0.5, 0.6) is 11.5 Å². The maximum absolute atomic E-state index is 13.5. The Morgan fingerprint density at radius 1 is 1.03 bits per heavy atom. The molecule has 168 valence electrons. The second-order valence-corrected chi connectivity index (χ2v) is 8.03. The number of benzene rings is 3. The van der Waals surface area contributed by atoms with E-state index in [1.807, 2.05) is 0 Å². The first kappa shape index (κ1) is 22.6. The van der Waals surface area contributed by atoms with Crippen molar-refractivity contribution in [2.45, 2.75) is 6.04 Å². The van der Waals surface area contributed by atoms with E-state index in [9.17, 15) is 24.2 Å². The molecule has 4 rings (SSSR count). The quantitative estimate of drug-likeness (QED) is 0.289. The first-order valence-electron chi connectivity index (χ1n) is 9.61. The summed E-state index contributed by atoms with van der Waals surface area (Å²) in [6.07, 6.45) is 0. The molecule has 3 aromatic rings. The van der Waals surface area contributed by atoms with Crippen LogP contribution >= 0.6 is 23.2 Å². The predicted molar refractivity (Wildman–Crippen MR) is 122 cm³/mol. The van der Waals surface area contributed by atoms with Crippen LogP contribution in [-0.2, 0) is 9.59 Å². The zero-order valence-electron chi connectivity index (χ0n) is 17.1. The topological polar surface area (TPSA) is 87.1 Å². The Morgan fingerprint density at radius 2 is 1.67 bits per heavy atom. The lowest BCUT2D eigenvalue weighted by Gasteiger charge is -2.25. The molecule has 0 spiro atoms. The van der Waals surface area contributed by atoms with Crippen LogP contribution in [0.25, 0.3) is 5.76 Å². The monoisotopic (exact) mass is 487 g/mol. The highest BCUT2D eigenvalue weighted by Crippen LogP contribution is 2.44. The summed E-state index contributed by atoms with van der Waals surface area (Å²) in [5.74, 6) is -2.85. The first-order valence-corrected chi connectivity index (χ1v) is 10.4. The number of ketones is 1. The van der Waals surface area contributed by atoms with Gasteiger partial charge >= 0.3 is 0 Å². The molecule has 0 bridgehead atoms. The molecule has 1 saturated heterocycles. The summed E-state index contributed by atoms with van der Waals surface area (Å²) < 4.78 is 18.6. The summed E-state index contributed by atoms with van der Waals surface area (Å²) in [7, 11) is 1.38. The molecule has 3 aromatic carbocycles. The molecule has 0 aromatic heterocycles. The van der Waals surface area contributed by atoms with Crippen molar-refractivity contribution in [3.8, 4) is 11.5 Å². The Hall–Kier alpha value is -3.55. The van der Waals surface area contributed by atoms with E-state index >= 15 is 0 Å². The van der Waals surface area contributed by atoms with Crippen molar-refractivity contribution in [2.24, 2.45) is 0 Å². The second kappa shape index (κ2) is 8.77. The van der Waals surface area contributed by atoms with Gasteiger partial charge in [-0.05, 0) is 54.1 Å². The Labute approximate surface area is 198 Å². The average molecular weight is 488 g/mol. The van der Waals surface area contributed by atoms with E-state index < -0.39 is 29.3 Å². The van der Waals surface area contributed by atoms with Crippen molar-refractivity contribution in [1.29, 1.82) is 0 Å². The molecular formula is C24H16Cl2FNO5. The van der Waals surface area contributed by atoms with Crippen molar-refractivity contribution in [3.63, 3.8) is 0 Å². The van der Waals surface area contributed by atoms with Crippen molar-refractivity contribution < 1.29 is 28.9 Å². The smallest absolute Gasteiger partial charge is 0.300 e. The highest BCUT2D eigenvalue weighted by Gasteiger charge is 2.47. The van der Waals surface area contributed by atoms with Gasteiger partial charge in [0.1, 0.15) is 17.3 Å². The van der Waals surface area contributed by atoms with Gasteiger partial charge in [-0.25, -0.2) is 4.39 Å². The number of carbonyl (C=O) groups excluding carboxylic acids is 2. The molecule has 1 heterocycles. The SMILES string of the molecule is COc1c(Cl)cc(/C(O)=C2\C(=O)C(=O)N(c3ccc(F)cc3)C2c2cccc(O)c2)cc1Cl. The normalized spacial score (nSPS) is 17.5. The number of methoxy groups -OCH3 is 1. The predicted octanol–water partition coefficient (Wildman–Crippen LogP) is 5.47. The number of phenols is 1. The summed E-state index contributed by atoms with van der Waals surface area (Å²) in [5, 5.41) is 21.3. The van der Waals surface area contributed by atoms with Gasteiger partial charge in [0, 0.05) is 11.3 Å². The van der Waals surface area contributed by atoms with Crippen LogP contribution in [0, 0.1) is 5.82 Å². The molecule has 1 amide bonds. The Kier molecular flexibility index (Phi) is 6.01. The second-order valence-electron chi connectivity index (χ2n) is 7.21. The number of amides is 1. The largest absolute Gasteiger partial charge is 0.508 e. The lowest BCUT2D eigenvalue weighted by atomic mass is 9.95. The van der Waals surface area contributed by atoms with Crippen LogP contribution in [0.3, 0.4) is 0 Å². The number of ether oxygens (including phenoxy) is 1. The Morgan fingerprint density at radius 3 is 2.24 bits per heavy atom. The molecule has 0 aliphatic carbocycles. The minimum Gasteiger partial charge on any atom is -0.508 e. The molecule has 33 heavy (non-hydrogen) atoms. The first-order chi connectivity index (χ1) is 15.7. The van der Waals surface area contributed by atoms with Crippen LogP contribution in [0.2, 0.25) is 10.0 Å². The lowest BCUT2D eigenvalue weighted by Crippen LogP contribution is -2.29. The van der Waals surface area contributed by atoms with Gasteiger partial charge in [-0.15, -0.1) is 0 Å². The van der Waals surface area contributed by atoms with E-state index in [0.29, 0.717) is 5.56 Å². The molecule has 2 N–H and O–H groups in total. The van der Waals surface area contributed by atoms with Crippen molar-refractivity contribution >= 4 is 46.3 Å². The minimum absolute atomic E-state index is 0.0908. The summed E-state index contributed by atoms with van der Waals surface area (Å²) >= 11 is 12.4. The zero-order valence-corrected chi connectivity index (χ0v) is 18.6. The maximum Gasteiger partial charge on any atom is 0.300 e. The van der Waals surface area contributed by atoms with E-state index in [1.165, 1.54) is 49.6 Å². The van der Waals surface area contributed by atoms with E-state index in [-0.39, 0.29) is 38.4 Å². The third-order valence-corrected chi connectivity index (χ3v) is 5.77. The average Bonchev–Trinajstić information content (AvgIpc) is 3.04. The number of halogens is 3. The number of hydrogen-bond acceptors (Lipinski definition) is 5. The van der Waals surface area contributed by atoms with Crippen molar-refractivity contribution in [3.05, 3.63) is 93.2 Å². The summed E-state index contributed by atoms with van der Waals surface area (Å²) in [6, 6.07) is 12.5. The number of rotatable bonds is 4. The van der Waals surface area contributed by atoms with Gasteiger partial charge in [0.15, 0.2) is 5.75 Å². The summed E-state index contributed by atoms with van der Waals surface area (Å²) in [5.41, 5.74) is 0.433. The summed E-state index contributed by atoms with van der Waals surface area (Å²) in [4.78, 5) is 27.3. The number of phenolic OH excluding ortho intramolecular Hbond substituents is 1. The van der Waals surface area contributed by atoms with Gasteiger partial charge < -0.3 is 14.9 Å². The molecule has 1 fully saturated rings. The number of hydrogen-bond donors (Lipinski definition) is 2. The standard InChI is InChI=1S/C24H16Cl2FNO5/c1-33-23-17(25)10-13(11-18(23)26)21(30)19-20(12-3-2-4-16(29)9-12)28(24(32)22(19)31)15-7-5-14(27)6-8-15/h2-11,20,29-30H,1H3/b21-19+. The van der Waals surface area contributed by atoms with Crippen LogP contribution in [0.4, 0.5) is 10.1 Å². The fourth-order valence-corrected chi connectivity index (χ4v) is 4.40. The minimum atomic E-state index is -1.11. The fourth-order valence-electron chi connectivity index (χ4n) is 3.76. The van der Waals surface area contributed by atoms with E-state index in [0.717, 1.165) is 17.0 Å². The van der Waals surface area contributed by atoms with E-state index in [1.54, 1.807) is 6.07 Å². The number of aromatic hydroxyl groups is 1. The number of nitrogens with zero attached hydrogens (tertiary/aromatic N) is 1. The van der Waals surface area contributed by atoms with Gasteiger partial charge in [0.05, 0.1) is 28.8 Å². The fraction of sp³-hybridized carbons (Fsp3) is 0.0833. The van der Waals surface area contributed by atoms with Gasteiger partial charge in [0.2, 0.25) is 0 Å². The number of Topliss-reactive ketones (excluding diaryl/α,β-unsaturated/α-hetero) is 1. The zero-order chi connectivity index (χ0) is 23.9. The molecule has 0 saturated carbocycles. The summed E-state index contributed by atoms with van der Waals surface area (Å²) in [6.45, 7) is 0. The molecule has 1 unspecified atom stereocenters. The van der Waals surface area contributed by atoms with Gasteiger partial charge in [-0.1, -0.05) is 35.3 Å². The highest BCUT2D eigenvalue weighted by molar-refractivity contribution is 6.51. The molecule has 1 atom stereocenters. The van der Waals surface area contributed by atoms with Crippen LogP contribution in [-0.4, -0.2) is 29.0 Å². The molecule has 0 radical (unpaired) electrons. The molecular weight excluding hydrogens is 472 g/mol. The van der Waals surface area contributed by atoms with Gasteiger partial charge in [-0.2, -0.15) is 0 Å². The molecule has 1 aliphatic heterocycles. The van der Waals surface area contributed by atoms with Crippen LogP contribution in [0.1, 0.15) is 17.2 Å². The highest BCUT2D eigenvalue weighted by atomic mass is 35.5. The molecule has 1 aliphatic rings. The van der Waals surface area contributed by atoms with E-state index in [4.69, 9.17) is 27.9 Å². The Balaban J connectivity index is 1.96. The maximum atomic E-state index is 13.5.